The van der Waals surface area contributed by atoms with Crippen molar-refractivity contribution in [1.29, 1.82) is 5.26 Å². The summed E-state index contributed by atoms with van der Waals surface area (Å²) >= 11 is 0. The minimum atomic E-state index is -0.392. The highest BCUT2D eigenvalue weighted by atomic mass is 16.3. The average Bonchev–Trinajstić information content (AvgIpc) is 2.23. The summed E-state index contributed by atoms with van der Waals surface area (Å²) in [6.07, 6.45) is 2.88. The lowest BCUT2D eigenvalue weighted by Gasteiger charge is -2.09. The molecule has 0 radical (unpaired) electrons. The van der Waals surface area contributed by atoms with Gasteiger partial charge in [0.1, 0.15) is 11.6 Å². The first-order valence-electron chi connectivity index (χ1n) is 5.45. The van der Waals surface area contributed by atoms with E-state index >= 15 is 0 Å². The van der Waals surface area contributed by atoms with Crippen LogP contribution in [0.2, 0.25) is 0 Å². The van der Waals surface area contributed by atoms with Gasteiger partial charge in [-0.05, 0) is 18.9 Å². The van der Waals surface area contributed by atoms with Crippen molar-refractivity contribution in [1.82, 2.24) is 4.57 Å². The molecule has 0 saturated heterocycles. The van der Waals surface area contributed by atoms with E-state index in [4.69, 9.17) is 5.26 Å². The zero-order valence-corrected chi connectivity index (χ0v) is 9.66. The van der Waals surface area contributed by atoms with Gasteiger partial charge in [0.25, 0.3) is 5.56 Å². The summed E-state index contributed by atoms with van der Waals surface area (Å²) in [6, 6.07) is 3.34. The molecule has 0 fully saturated rings. The summed E-state index contributed by atoms with van der Waals surface area (Å²) in [6.45, 7) is 4.18. The number of hydrogen-bond donors (Lipinski definition) is 1. The molecule has 0 aliphatic heterocycles. The fraction of sp³-hybridized carbons (Fsp3) is 0.500. The zero-order chi connectivity index (χ0) is 12.1. The van der Waals surface area contributed by atoms with Gasteiger partial charge in [-0.2, -0.15) is 5.26 Å². The van der Waals surface area contributed by atoms with Crippen LogP contribution in [-0.2, 0) is 6.54 Å². The molecular formula is C12H16N2O2. The smallest absolute Gasteiger partial charge is 0.271 e. The molecule has 0 atom stereocenters. The molecule has 0 amide bonds. The fourth-order valence-electron chi connectivity index (χ4n) is 1.62. The van der Waals surface area contributed by atoms with Gasteiger partial charge in [0, 0.05) is 12.6 Å². The number of aromatic nitrogens is 1. The van der Waals surface area contributed by atoms with Gasteiger partial charge in [0.05, 0.1) is 0 Å². The Morgan fingerprint density at radius 2 is 2.19 bits per heavy atom. The maximum atomic E-state index is 11.8. The summed E-state index contributed by atoms with van der Waals surface area (Å²) in [5.41, 5.74) is 0.252. The first kappa shape index (κ1) is 12.3. The van der Waals surface area contributed by atoms with E-state index < -0.39 is 5.56 Å². The van der Waals surface area contributed by atoms with Gasteiger partial charge < -0.3 is 5.11 Å². The van der Waals surface area contributed by atoms with Crippen LogP contribution in [0.15, 0.2) is 10.9 Å². The molecule has 16 heavy (non-hydrogen) atoms. The van der Waals surface area contributed by atoms with E-state index in [0.29, 0.717) is 12.1 Å². The third-order valence-corrected chi connectivity index (χ3v) is 2.57. The molecule has 1 rings (SSSR count). The number of hydrogen-bond acceptors (Lipinski definition) is 3. The number of aryl methyl sites for hydroxylation is 1. The number of rotatable bonds is 4. The molecule has 1 N–H and O–H groups in total. The Balaban J connectivity index is 3.10. The van der Waals surface area contributed by atoms with Gasteiger partial charge >= 0.3 is 0 Å². The van der Waals surface area contributed by atoms with Gasteiger partial charge in [0.15, 0.2) is 5.88 Å². The number of unbranched alkanes of at least 4 members (excludes halogenated alkanes) is 2. The second-order valence-corrected chi connectivity index (χ2v) is 3.84. The summed E-state index contributed by atoms with van der Waals surface area (Å²) in [5, 5.41) is 18.5. The lowest BCUT2D eigenvalue weighted by atomic mass is 10.1. The van der Waals surface area contributed by atoms with E-state index in [0.717, 1.165) is 19.3 Å². The van der Waals surface area contributed by atoms with E-state index in [1.165, 1.54) is 10.6 Å². The standard InChI is InChI=1S/C12H16N2O2/c1-3-4-5-6-14-11(15)7-9(2)10(8-13)12(14)16/h7,15H,3-6H2,1-2H3. The second-order valence-electron chi connectivity index (χ2n) is 3.84. The maximum Gasteiger partial charge on any atom is 0.271 e. The highest BCUT2D eigenvalue weighted by Gasteiger charge is 2.10. The van der Waals surface area contributed by atoms with Gasteiger partial charge in [-0.3, -0.25) is 9.36 Å². The Morgan fingerprint density at radius 1 is 1.50 bits per heavy atom. The van der Waals surface area contributed by atoms with E-state index in [1.54, 1.807) is 6.92 Å². The molecule has 0 unspecified atom stereocenters. The predicted molar refractivity (Wildman–Crippen MR) is 61.3 cm³/mol. The first-order valence-corrected chi connectivity index (χ1v) is 5.45. The van der Waals surface area contributed by atoms with Gasteiger partial charge in [-0.1, -0.05) is 19.8 Å². The molecule has 0 saturated carbocycles. The zero-order valence-electron chi connectivity index (χ0n) is 9.66. The lowest BCUT2D eigenvalue weighted by Crippen LogP contribution is -2.23. The monoisotopic (exact) mass is 220 g/mol. The van der Waals surface area contributed by atoms with Crippen LogP contribution < -0.4 is 5.56 Å². The van der Waals surface area contributed by atoms with E-state index in [9.17, 15) is 9.90 Å². The van der Waals surface area contributed by atoms with Crippen molar-refractivity contribution in [3.05, 3.63) is 27.5 Å². The molecule has 0 aliphatic rings. The normalized spacial score (nSPS) is 10.1. The minimum absolute atomic E-state index is 0.0578. The van der Waals surface area contributed by atoms with Crippen LogP contribution in [0.1, 0.15) is 37.3 Å². The lowest BCUT2D eigenvalue weighted by molar-refractivity contribution is 0.399. The van der Waals surface area contributed by atoms with Gasteiger partial charge in [-0.25, -0.2) is 0 Å². The van der Waals surface area contributed by atoms with Crippen LogP contribution in [0, 0.1) is 18.3 Å². The number of nitrogens with zero attached hydrogens (tertiary/aromatic N) is 2. The Hall–Kier alpha value is -1.76. The van der Waals surface area contributed by atoms with Crippen molar-refractivity contribution < 1.29 is 5.11 Å². The maximum absolute atomic E-state index is 11.8. The van der Waals surface area contributed by atoms with E-state index in [1.807, 2.05) is 6.07 Å². The summed E-state index contributed by atoms with van der Waals surface area (Å²) in [5.74, 6) is -0.0578. The molecule has 1 aromatic heterocycles. The van der Waals surface area contributed by atoms with Crippen LogP contribution in [0.3, 0.4) is 0 Å². The molecule has 86 valence electrons. The highest BCUT2D eigenvalue weighted by molar-refractivity contribution is 5.37. The van der Waals surface area contributed by atoms with Crippen molar-refractivity contribution in [3.8, 4) is 11.9 Å². The topological polar surface area (TPSA) is 66.0 Å². The molecule has 0 bridgehead atoms. The Bertz CT molecular complexity index is 469. The third-order valence-electron chi connectivity index (χ3n) is 2.57. The number of nitriles is 1. The summed E-state index contributed by atoms with van der Waals surface area (Å²) in [7, 11) is 0. The highest BCUT2D eigenvalue weighted by Crippen LogP contribution is 2.12. The molecular weight excluding hydrogens is 204 g/mol. The van der Waals surface area contributed by atoms with Crippen LogP contribution >= 0.6 is 0 Å². The number of aromatic hydroxyl groups is 1. The molecule has 0 spiro atoms. The molecule has 1 aromatic rings. The fourth-order valence-corrected chi connectivity index (χ4v) is 1.62. The molecule has 0 aromatic carbocycles. The van der Waals surface area contributed by atoms with Gasteiger partial charge in [-0.15, -0.1) is 0 Å². The van der Waals surface area contributed by atoms with Crippen molar-refractivity contribution >= 4 is 0 Å². The van der Waals surface area contributed by atoms with Crippen LogP contribution in [0.25, 0.3) is 0 Å². The largest absolute Gasteiger partial charge is 0.494 e. The van der Waals surface area contributed by atoms with Crippen molar-refractivity contribution in [2.75, 3.05) is 0 Å². The number of pyridine rings is 1. The first-order chi connectivity index (χ1) is 7.61. The molecule has 4 heteroatoms. The van der Waals surface area contributed by atoms with E-state index in [-0.39, 0.29) is 11.4 Å². The Kier molecular flexibility index (Phi) is 4.12. The average molecular weight is 220 g/mol. The quantitative estimate of drug-likeness (QED) is 0.788. The van der Waals surface area contributed by atoms with Crippen LogP contribution in [0.4, 0.5) is 0 Å². The van der Waals surface area contributed by atoms with Crippen molar-refractivity contribution in [2.45, 2.75) is 39.7 Å². The summed E-state index contributed by atoms with van der Waals surface area (Å²) in [4.78, 5) is 11.8. The third kappa shape index (κ3) is 2.43. The SMILES string of the molecule is CCCCCn1c(O)cc(C)c(C#N)c1=O. The molecule has 4 nitrogen and oxygen atoms in total. The van der Waals surface area contributed by atoms with Crippen molar-refractivity contribution in [3.63, 3.8) is 0 Å². The van der Waals surface area contributed by atoms with Crippen molar-refractivity contribution in [2.24, 2.45) is 0 Å². The van der Waals surface area contributed by atoms with E-state index in [2.05, 4.69) is 6.92 Å². The summed E-state index contributed by atoms with van der Waals surface area (Å²) < 4.78 is 1.27. The Labute approximate surface area is 94.8 Å². The second kappa shape index (κ2) is 5.36. The minimum Gasteiger partial charge on any atom is -0.494 e. The van der Waals surface area contributed by atoms with Gasteiger partial charge in [0.2, 0.25) is 0 Å². The Morgan fingerprint density at radius 3 is 2.75 bits per heavy atom. The van der Waals surface area contributed by atoms with Crippen LogP contribution in [0.5, 0.6) is 5.88 Å². The predicted octanol–water partition coefficient (Wildman–Crippen LogP) is 1.92. The molecule has 0 aliphatic carbocycles. The molecule has 1 heterocycles. The van der Waals surface area contributed by atoms with Crippen LogP contribution in [-0.4, -0.2) is 9.67 Å².